The van der Waals surface area contributed by atoms with Crippen molar-refractivity contribution < 1.29 is 33.3 Å². The fourth-order valence-corrected chi connectivity index (χ4v) is 5.47. The summed E-state index contributed by atoms with van der Waals surface area (Å²) in [5, 5.41) is 8.32. The molecule has 0 spiro atoms. The van der Waals surface area contributed by atoms with Crippen molar-refractivity contribution in [2.75, 3.05) is 38.0 Å². The van der Waals surface area contributed by atoms with Gasteiger partial charge in [-0.2, -0.15) is 5.10 Å². The van der Waals surface area contributed by atoms with Gasteiger partial charge in [-0.25, -0.2) is 24.2 Å². The highest BCUT2D eigenvalue weighted by atomic mass is 16.7. The van der Waals surface area contributed by atoms with Crippen LogP contribution in [0.15, 0.2) is 42.7 Å². The van der Waals surface area contributed by atoms with Crippen molar-refractivity contribution in [3.63, 3.8) is 0 Å². The van der Waals surface area contributed by atoms with Crippen LogP contribution >= 0.6 is 0 Å². The van der Waals surface area contributed by atoms with Gasteiger partial charge in [0.1, 0.15) is 23.4 Å². The fraction of sp³-hybridized carbons (Fsp3) is 0.355. The maximum Gasteiger partial charge on any atom is 0.410 e. The normalized spacial score (nSPS) is 16.0. The van der Waals surface area contributed by atoms with E-state index in [0.717, 1.165) is 12.8 Å². The van der Waals surface area contributed by atoms with E-state index in [-0.39, 0.29) is 35.9 Å². The van der Waals surface area contributed by atoms with E-state index < -0.39 is 17.5 Å². The van der Waals surface area contributed by atoms with Gasteiger partial charge in [-0.05, 0) is 63.9 Å². The van der Waals surface area contributed by atoms with E-state index >= 15 is 0 Å². The zero-order valence-electron chi connectivity index (χ0n) is 25.3. The number of fused-ring (bicyclic) bond motifs is 2. The van der Waals surface area contributed by atoms with Crippen molar-refractivity contribution in [1.29, 1.82) is 0 Å². The van der Waals surface area contributed by atoms with Crippen molar-refractivity contribution in [2.24, 2.45) is 0 Å². The Hall–Kier alpha value is -5.40. The summed E-state index contributed by atoms with van der Waals surface area (Å²) in [5.74, 6) is -0.0869. The largest absolute Gasteiger partial charge is 0.465 e. The van der Waals surface area contributed by atoms with Crippen molar-refractivity contribution in [3.05, 3.63) is 53.9 Å². The molecule has 2 aliphatic rings. The number of nitrogens with two attached hydrogens (primary N) is 1. The number of likely N-dealkylation sites (tertiary alicyclic amines) is 1. The second-order valence-electron chi connectivity index (χ2n) is 11.7. The van der Waals surface area contributed by atoms with Gasteiger partial charge in [-0.3, -0.25) is 4.79 Å². The van der Waals surface area contributed by atoms with E-state index in [1.807, 2.05) is 20.8 Å². The van der Waals surface area contributed by atoms with Crippen LogP contribution in [-0.4, -0.2) is 75.2 Å². The third kappa shape index (κ3) is 5.78. The number of esters is 1. The van der Waals surface area contributed by atoms with Crippen molar-refractivity contribution >= 4 is 40.5 Å². The summed E-state index contributed by atoms with van der Waals surface area (Å²) in [5.41, 5.74) is 8.21. The van der Waals surface area contributed by atoms with Gasteiger partial charge >= 0.3 is 12.1 Å². The third-order valence-electron chi connectivity index (χ3n) is 7.48. The van der Waals surface area contributed by atoms with Crippen molar-refractivity contribution in [2.45, 2.75) is 45.3 Å². The standard InChI is InChI=1S/C31H33N7O7/c1-31(2,3)45-30(41)37-12-6-9-19(14-37)38-27-22(26(32)33-15-34-27)23(36-38)20-10-11-21(25-24(20)43-16-44-25)35-28(39)17-7-5-8-18(13-17)29(40)42-4/h5,7-8,10-11,13,15,19H,6,9,12,14,16H2,1-4H3,(H,35,39)(H2,32,33,34)/t19-/m1/s1. The van der Waals surface area contributed by atoms with E-state index in [9.17, 15) is 14.4 Å². The first-order valence-electron chi connectivity index (χ1n) is 14.4. The lowest BCUT2D eigenvalue weighted by Crippen LogP contribution is -2.43. The second-order valence-corrected chi connectivity index (χ2v) is 11.7. The summed E-state index contributed by atoms with van der Waals surface area (Å²) in [4.78, 5) is 48.4. The molecule has 6 rings (SSSR count). The minimum Gasteiger partial charge on any atom is -0.465 e. The van der Waals surface area contributed by atoms with E-state index in [0.29, 0.717) is 52.6 Å². The summed E-state index contributed by atoms with van der Waals surface area (Å²) in [7, 11) is 1.27. The molecular weight excluding hydrogens is 582 g/mol. The van der Waals surface area contributed by atoms with Gasteiger partial charge in [0.25, 0.3) is 5.91 Å². The Morgan fingerprint density at radius 1 is 1.07 bits per heavy atom. The molecule has 2 aromatic heterocycles. The van der Waals surface area contributed by atoms with Gasteiger partial charge in [0.05, 0.1) is 29.8 Å². The summed E-state index contributed by atoms with van der Waals surface area (Å²) in [6, 6.07) is 9.44. The van der Waals surface area contributed by atoms with Gasteiger partial charge < -0.3 is 34.9 Å². The molecule has 1 saturated heterocycles. The number of aromatic nitrogens is 4. The SMILES string of the molecule is COC(=O)c1cccc(C(=O)Nc2ccc(-c3nn([C@@H]4CCCN(C(=O)OC(C)(C)C)C4)c4ncnc(N)c34)c3c2OCO3)c1. The number of ether oxygens (including phenoxy) is 4. The van der Waals surface area contributed by atoms with E-state index in [1.165, 1.54) is 19.5 Å². The lowest BCUT2D eigenvalue weighted by Gasteiger charge is -2.34. The lowest BCUT2D eigenvalue weighted by molar-refractivity contribution is 0.0169. The topological polar surface area (TPSA) is 173 Å². The molecule has 0 saturated carbocycles. The Morgan fingerprint density at radius 3 is 2.62 bits per heavy atom. The molecular formula is C31H33N7O7. The van der Waals surface area contributed by atoms with Gasteiger partial charge in [-0.15, -0.1) is 0 Å². The molecule has 45 heavy (non-hydrogen) atoms. The van der Waals surface area contributed by atoms with E-state index in [4.69, 9.17) is 29.8 Å². The van der Waals surface area contributed by atoms with Gasteiger partial charge in [0, 0.05) is 24.2 Å². The van der Waals surface area contributed by atoms with Crippen LogP contribution < -0.4 is 20.5 Å². The maximum atomic E-state index is 13.1. The van der Waals surface area contributed by atoms with Crippen LogP contribution in [0.5, 0.6) is 11.5 Å². The van der Waals surface area contributed by atoms with Crippen LogP contribution in [0, 0.1) is 0 Å². The molecule has 4 aromatic rings. The summed E-state index contributed by atoms with van der Waals surface area (Å²) < 4.78 is 23.8. The molecule has 0 unspecified atom stereocenters. The summed E-state index contributed by atoms with van der Waals surface area (Å²) in [6.45, 7) is 6.39. The van der Waals surface area contributed by atoms with Crippen molar-refractivity contribution in [3.8, 4) is 22.8 Å². The number of benzene rings is 2. The Labute approximate surface area is 258 Å². The highest BCUT2D eigenvalue weighted by Crippen LogP contribution is 2.48. The number of methoxy groups -OCH3 is 1. The highest BCUT2D eigenvalue weighted by molar-refractivity contribution is 6.07. The Balaban J connectivity index is 1.34. The molecule has 0 aliphatic carbocycles. The minimum atomic E-state index is -0.613. The number of carbonyl (C=O) groups is 3. The molecule has 14 heteroatoms. The van der Waals surface area contributed by atoms with E-state index in [1.54, 1.807) is 39.9 Å². The van der Waals surface area contributed by atoms with Gasteiger partial charge in [0.15, 0.2) is 17.1 Å². The molecule has 4 heterocycles. The number of carbonyl (C=O) groups excluding carboxylic acids is 3. The monoisotopic (exact) mass is 615 g/mol. The Morgan fingerprint density at radius 2 is 1.84 bits per heavy atom. The third-order valence-corrected chi connectivity index (χ3v) is 7.48. The molecule has 2 aromatic carbocycles. The summed E-state index contributed by atoms with van der Waals surface area (Å²) in [6.07, 6.45) is 2.52. The van der Waals surface area contributed by atoms with Gasteiger partial charge in [-0.1, -0.05) is 6.07 Å². The Bertz CT molecular complexity index is 1810. The van der Waals surface area contributed by atoms with Crippen LogP contribution in [0.4, 0.5) is 16.3 Å². The predicted molar refractivity (Wildman–Crippen MR) is 163 cm³/mol. The van der Waals surface area contributed by atoms with Crippen LogP contribution in [0.3, 0.4) is 0 Å². The molecule has 0 bridgehead atoms. The molecule has 2 amide bonds. The number of hydrogen-bond donors (Lipinski definition) is 2. The maximum absolute atomic E-state index is 13.1. The highest BCUT2D eigenvalue weighted by Gasteiger charge is 2.33. The average Bonchev–Trinajstić information content (AvgIpc) is 3.67. The molecule has 234 valence electrons. The molecule has 1 atom stereocenters. The molecule has 1 fully saturated rings. The molecule has 3 N–H and O–H groups in total. The predicted octanol–water partition coefficient (Wildman–Crippen LogP) is 4.42. The zero-order valence-corrected chi connectivity index (χ0v) is 25.3. The van der Waals surface area contributed by atoms with Crippen LogP contribution in [0.2, 0.25) is 0 Å². The number of nitrogens with one attached hydrogen (secondary N) is 1. The second kappa shape index (κ2) is 11.6. The number of anilines is 2. The summed E-state index contributed by atoms with van der Waals surface area (Å²) >= 11 is 0. The van der Waals surface area contributed by atoms with E-state index in [2.05, 4.69) is 15.3 Å². The molecule has 0 radical (unpaired) electrons. The molecule has 2 aliphatic heterocycles. The number of nitrogen functional groups attached to an aromatic ring is 1. The smallest absolute Gasteiger partial charge is 0.410 e. The number of hydrogen-bond acceptors (Lipinski definition) is 11. The average molecular weight is 616 g/mol. The number of nitrogens with zero attached hydrogens (tertiary/aromatic N) is 5. The number of piperidine rings is 1. The van der Waals surface area contributed by atoms with Crippen LogP contribution in [0.1, 0.15) is 60.4 Å². The first-order chi connectivity index (χ1) is 21.5. The number of rotatable bonds is 5. The fourth-order valence-electron chi connectivity index (χ4n) is 5.47. The zero-order chi connectivity index (χ0) is 31.9. The minimum absolute atomic E-state index is 0.0782. The van der Waals surface area contributed by atoms with Gasteiger partial charge in [0.2, 0.25) is 6.79 Å². The lowest BCUT2D eigenvalue weighted by atomic mass is 10.1. The van der Waals surface area contributed by atoms with Crippen molar-refractivity contribution in [1.82, 2.24) is 24.6 Å². The molecule has 14 nitrogen and oxygen atoms in total. The van der Waals surface area contributed by atoms with Crippen LogP contribution in [-0.2, 0) is 9.47 Å². The van der Waals surface area contributed by atoms with Crippen LogP contribution in [0.25, 0.3) is 22.3 Å². The first kappa shape index (κ1) is 29.7. The first-order valence-corrected chi connectivity index (χ1v) is 14.4. The quantitative estimate of drug-likeness (QED) is 0.304. The Kier molecular flexibility index (Phi) is 7.64. The number of amides is 2.